The van der Waals surface area contributed by atoms with Crippen LogP contribution in [0.1, 0.15) is 6.42 Å². The third-order valence-corrected chi connectivity index (χ3v) is 3.71. The lowest BCUT2D eigenvalue weighted by atomic mass is 9.86. The Balaban J connectivity index is 1.89. The lowest BCUT2D eigenvalue weighted by molar-refractivity contribution is -0.107. The second-order valence-electron chi connectivity index (χ2n) is 4.46. The van der Waals surface area contributed by atoms with Crippen molar-refractivity contribution in [2.24, 2.45) is 5.73 Å². The van der Waals surface area contributed by atoms with Crippen molar-refractivity contribution in [3.63, 3.8) is 0 Å². The van der Waals surface area contributed by atoms with Gasteiger partial charge in [0.15, 0.2) is 0 Å². The Morgan fingerprint density at radius 2 is 2.21 bits per heavy atom. The highest BCUT2D eigenvalue weighted by molar-refractivity contribution is 9.10. The number of benzene rings is 1. The Morgan fingerprint density at radius 1 is 1.42 bits per heavy atom. The average Bonchev–Trinajstić information content (AvgIpc) is 2.38. The summed E-state index contributed by atoms with van der Waals surface area (Å²) in [7, 11) is 1.61. The molecule has 1 fully saturated rings. The molecule has 0 amide bonds. The molecule has 6 heteroatoms. The molecule has 1 aliphatic carbocycles. The van der Waals surface area contributed by atoms with Crippen LogP contribution in [0.4, 0.5) is 4.39 Å². The van der Waals surface area contributed by atoms with Crippen LogP contribution >= 0.6 is 15.9 Å². The second-order valence-corrected chi connectivity index (χ2v) is 5.31. The van der Waals surface area contributed by atoms with Crippen molar-refractivity contribution >= 4 is 15.9 Å². The summed E-state index contributed by atoms with van der Waals surface area (Å²) >= 11 is 3.10. The third kappa shape index (κ3) is 3.66. The molecule has 1 saturated carbocycles. The molecule has 1 aromatic carbocycles. The Bertz CT molecular complexity index is 432. The van der Waals surface area contributed by atoms with E-state index in [4.69, 9.17) is 19.9 Å². The van der Waals surface area contributed by atoms with Gasteiger partial charge in [-0.1, -0.05) is 0 Å². The van der Waals surface area contributed by atoms with Gasteiger partial charge in [-0.15, -0.1) is 0 Å². The molecular weight excluding hydrogens is 317 g/mol. The van der Waals surface area contributed by atoms with Gasteiger partial charge < -0.3 is 19.9 Å². The number of nitrogens with two attached hydrogens (primary N) is 1. The third-order valence-electron chi connectivity index (χ3n) is 3.07. The number of methoxy groups -OCH3 is 1. The summed E-state index contributed by atoms with van der Waals surface area (Å²) in [5.41, 5.74) is 5.88. The van der Waals surface area contributed by atoms with E-state index in [1.807, 2.05) is 0 Å². The molecule has 2 N–H and O–H groups in total. The summed E-state index contributed by atoms with van der Waals surface area (Å²) in [5.74, 6) is 0.135. The van der Waals surface area contributed by atoms with Crippen molar-refractivity contribution in [2.45, 2.75) is 24.7 Å². The minimum atomic E-state index is -0.349. The fourth-order valence-corrected chi connectivity index (χ4v) is 2.20. The maximum Gasteiger partial charge on any atom is 0.141 e. The maximum atomic E-state index is 13.4. The van der Waals surface area contributed by atoms with Crippen LogP contribution in [0.3, 0.4) is 0 Å². The minimum Gasteiger partial charge on any atom is -0.487 e. The van der Waals surface area contributed by atoms with E-state index in [1.165, 1.54) is 6.07 Å². The lowest BCUT2D eigenvalue weighted by Gasteiger charge is -2.41. The predicted octanol–water partition coefficient (Wildman–Crippen LogP) is 2.10. The zero-order valence-corrected chi connectivity index (χ0v) is 12.2. The number of ether oxygens (including phenoxy) is 3. The Kier molecular flexibility index (Phi) is 5.15. The van der Waals surface area contributed by atoms with Gasteiger partial charge in [0.1, 0.15) is 23.8 Å². The van der Waals surface area contributed by atoms with Crippen LogP contribution < -0.4 is 10.5 Å². The zero-order chi connectivity index (χ0) is 13.8. The summed E-state index contributed by atoms with van der Waals surface area (Å²) in [5, 5.41) is 0. The molecule has 2 rings (SSSR count). The minimum absolute atomic E-state index is 0.0397. The van der Waals surface area contributed by atoms with Crippen molar-refractivity contribution in [1.29, 1.82) is 0 Å². The Labute approximate surface area is 120 Å². The fourth-order valence-electron chi connectivity index (χ4n) is 1.95. The van der Waals surface area contributed by atoms with Crippen LogP contribution in [-0.2, 0) is 9.47 Å². The van der Waals surface area contributed by atoms with Gasteiger partial charge in [0, 0.05) is 25.6 Å². The van der Waals surface area contributed by atoms with E-state index in [-0.39, 0.29) is 24.1 Å². The molecule has 0 aliphatic heterocycles. The van der Waals surface area contributed by atoms with Gasteiger partial charge in [-0.05, 0) is 28.1 Å². The molecule has 3 atom stereocenters. The molecular formula is C13H17BrFNO3. The molecule has 1 aliphatic rings. The molecule has 0 aromatic heterocycles. The van der Waals surface area contributed by atoms with Crippen LogP contribution in [0.15, 0.2) is 22.7 Å². The lowest BCUT2D eigenvalue weighted by Crippen LogP contribution is -2.59. The van der Waals surface area contributed by atoms with Gasteiger partial charge in [0.05, 0.1) is 17.7 Å². The van der Waals surface area contributed by atoms with E-state index in [0.717, 1.165) is 0 Å². The topological polar surface area (TPSA) is 53.7 Å². The SMILES string of the molecule is COCCOC1C(N)CC1Oc1ccc(Br)c(F)c1. The molecule has 106 valence electrons. The van der Waals surface area contributed by atoms with E-state index >= 15 is 0 Å². The van der Waals surface area contributed by atoms with Crippen LogP contribution in [0.5, 0.6) is 5.75 Å². The smallest absolute Gasteiger partial charge is 0.141 e. The highest BCUT2D eigenvalue weighted by Gasteiger charge is 2.41. The van der Waals surface area contributed by atoms with Crippen molar-refractivity contribution in [2.75, 3.05) is 20.3 Å². The molecule has 19 heavy (non-hydrogen) atoms. The molecule has 0 saturated heterocycles. The summed E-state index contributed by atoms with van der Waals surface area (Å²) in [6.07, 6.45) is 0.407. The number of hydrogen-bond acceptors (Lipinski definition) is 4. The van der Waals surface area contributed by atoms with Crippen LogP contribution in [-0.4, -0.2) is 38.6 Å². The van der Waals surface area contributed by atoms with Crippen molar-refractivity contribution in [3.05, 3.63) is 28.5 Å². The van der Waals surface area contributed by atoms with E-state index in [1.54, 1.807) is 19.2 Å². The van der Waals surface area contributed by atoms with Crippen molar-refractivity contribution in [3.8, 4) is 5.75 Å². The highest BCUT2D eigenvalue weighted by Crippen LogP contribution is 2.29. The molecule has 0 spiro atoms. The highest BCUT2D eigenvalue weighted by atomic mass is 79.9. The first-order valence-electron chi connectivity index (χ1n) is 6.09. The summed E-state index contributed by atoms with van der Waals surface area (Å²) in [6.45, 7) is 0.992. The van der Waals surface area contributed by atoms with E-state index in [0.29, 0.717) is 29.9 Å². The predicted molar refractivity (Wildman–Crippen MR) is 72.7 cm³/mol. The van der Waals surface area contributed by atoms with Gasteiger partial charge in [0.2, 0.25) is 0 Å². The van der Waals surface area contributed by atoms with Gasteiger partial charge in [0.25, 0.3) is 0 Å². The summed E-state index contributed by atoms with van der Waals surface area (Å²) in [4.78, 5) is 0. The average molecular weight is 334 g/mol. The Morgan fingerprint density at radius 3 is 2.84 bits per heavy atom. The molecule has 3 unspecified atom stereocenters. The fraction of sp³-hybridized carbons (Fsp3) is 0.538. The summed E-state index contributed by atoms with van der Waals surface area (Å²) < 4.78 is 30.0. The molecule has 0 heterocycles. The molecule has 0 radical (unpaired) electrons. The number of rotatable bonds is 6. The maximum absolute atomic E-state index is 13.4. The normalized spacial score (nSPS) is 26.0. The summed E-state index contributed by atoms with van der Waals surface area (Å²) in [6, 6.07) is 4.63. The van der Waals surface area contributed by atoms with Gasteiger partial charge >= 0.3 is 0 Å². The monoisotopic (exact) mass is 333 g/mol. The van der Waals surface area contributed by atoms with E-state index in [2.05, 4.69) is 15.9 Å². The van der Waals surface area contributed by atoms with E-state index in [9.17, 15) is 4.39 Å². The quantitative estimate of drug-likeness (QED) is 0.810. The van der Waals surface area contributed by atoms with E-state index < -0.39 is 0 Å². The molecule has 1 aromatic rings. The Hall–Kier alpha value is -0.690. The first-order chi connectivity index (χ1) is 9.11. The van der Waals surface area contributed by atoms with Gasteiger partial charge in [-0.3, -0.25) is 0 Å². The van der Waals surface area contributed by atoms with Gasteiger partial charge in [-0.2, -0.15) is 0 Å². The number of hydrogen-bond donors (Lipinski definition) is 1. The number of halogens is 2. The zero-order valence-electron chi connectivity index (χ0n) is 10.6. The first-order valence-corrected chi connectivity index (χ1v) is 6.89. The van der Waals surface area contributed by atoms with Crippen LogP contribution in [0.2, 0.25) is 0 Å². The van der Waals surface area contributed by atoms with Gasteiger partial charge in [-0.25, -0.2) is 4.39 Å². The second kappa shape index (κ2) is 6.65. The van der Waals surface area contributed by atoms with Crippen molar-refractivity contribution < 1.29 is 18.6 Å². The standard InChI is InChI=1S/C13H17BrFNO3/c1-17-4-5-18-13-11(16)7-12(13)19-8-2-3-9(14)10(15)6-8/h2-3,6,11-13H,4-5,7,16H2,1H3. The largest absolute Gasteiger partial charge is 0.487 e. The molecule has 0 bridgehead atoms. The van der Waals surface area contributed by atoms with Crippen molar-refractivity contribution in [1.82, 2.24) is 0 Å². The van der Waals surface area contributed by atoms with Crippen LogP contribution in [0, 0.1) is 5.82 Å². The first kappa shape index (κ1) is 14.7. The van der Waals surface area contributed by atoms with Crippen LogP contribution in [0.25, 0.3) is 0 Å². The molecule has 4 nitrogen and oxygen atoms in total.